The van der Waals surface area contributed by atoms with E-state index in [2.05, 4.69) is 10.6 Å². The molecule has 0 spiro atoms. The molecule has 2 amide bonds. The van der Waals surface area contributed by atoms with Gasteiger partial charge in [-0.2, -0.15) is 0 Å². The van der Waals surface area contributed by atoms with Gasteiger partial charge in [-0.25, -0.2) is 4.79 Å². The Morgan fingerprint density at radius 2 is 1.86 bits per heavy atom. The van der Waals surface area contributed by atoms with Crippen LogP contribution in [0.3, 0.4) is 0 Å². The van der Waals surface area contributed by atoms with Crippen LogP contribution >= 0.6 is 0 Å². The number of nitrogens with zero attached hydrogens (tertiary/aromatic N) is 1. The van der Waals surface area contributed by atoms with Gasteiger partial charge in [0.05, 0.1) is 6.04 Å². The molecule has 128 valence electrons. The number of likely N-dealkylation sites (tertiary alicyclic amines) is 1. The number of ether oxygens (including phenoxy) is 1. The topological polar surface area (TPSA) is 70.7 Å². The van der Waals surface area contributed by atoms with Crippen molar-refractivity contribution in [1.29, 1.82) is 0 Å². The van der Waals surface area contributed by atoms with E-state index in [0.717, 1.165) is 12.8 Å². The monoisotopic (exact) mass is 313 g/mol. The highest BCUT2D eigenvalue weighted by atomic mass is 16.6. The van der Waals surface area contributed by atoms with Crippen molar-refractivity contribution >= 4 is 12.0 Å². The van der Waals surface area contributed by atoms with Crippen LogP contribution in [0.2, 0.25) is 0 Å². The minimum atomic E-state index is -0.484. The predicted molar refractivity (Wildman–Crippen MR) is 86.7 cm³/mol. The molecule has 1 fully saturated rings. The van der Waals surface area contributed by atoms with Crippen molar-refractivity contribution in [3.05, 3.63) is 0 Å². The van der Waals surface area contributed by atoms with Crippen LogP contribution < -0.4 is 10.6 Å². The smallest absolute Gasteiger partial charge is 0.410 e. The molecule has 2 atom stereocenters. The Balaban J connectivity index is 2.49. The highest BCUT2D eigenvalue weighted by Gasteiger charge is 2.29. The number of amides is 2. The first-order chi connectivity index (χ1) is 10.1. The van der Waals surface area contributed by atoms with Gasteiger partial charge in [0.1, 0.15) is 5.60 Å². The molecule has 1 saturated heterocycles. The largest absolute Gasteiger partial charge is 0.444 e. The minimum Gasteiger partial charge on any atom is -0.444 e. The van der Waals surface area contributed by atoms with E-state index in [1.807, 2.05) is 41.5 Å². The van der Waals surface area contributed by atoms with Crippen molar-refractivity contribution < 1.29 is 14.3 Å². The van der Waals surface area contributed by atoms with Gasteiger partial charge < -0.3 is 20.3 Å². The lowest BCUT2D eigenvalue weighted by Gasteiger charge is -2.35. The van der Waals surface area contributed by atoms with Crippen LogP contribution in [0.5, 0.6) is 0 Å². The molecule has 2 unspecified atom stereocenters. The number of piperidine rings is 1. The summed E-state index contributed by atoms with van der Waals surface area (Å²) in [6.45, 7) is 12.6. The highest BCUT2D eigenvalue weighted by Crippen LogP contribution is 2.15. The van der Waals surface area contributed by atoms with Crippen LogP contribution in [0, 0.1) is 0 Å². The van der Waals surface area contributed by atoms with Crippen molar-refractivity contribution in [1.82, 2.24) is 15.5 Å². The summed E-state index contributed by atoms with van der Waals surface area (Å²) in [5.74, 6) is -0.00982. The van der Waals surface area contributed by atoms with Crippen LogP contribution in [0.15, 0.2) is 0 Å². The Morgan fingerprint density at radius 1 is 1.23 bits per heavy atom. The van der Waals surface area contributed by atoms with Gasteiger partial charge in [-0.1, -0.05) is 0 Å². The van der Waals surface area contributed by atoms with E-state index in [4.69, 9.17) is 4.74 Å². The zero-order valence-electron chi connectivity index (χ0n) is 14.7. The zero-order chi connectivity index (χ0) is 16.9. The first-order valence-electron chi connectivity index (χ1n) is 8.13. The van der Waals surface area contributed by atoms with E-state index >= 15 is 0 Å². The Kier molecular flexibility index (Phi) is 6.66. The van der Waals surface area contributed by atoms with E-state index < -0.39 is 5.60 Å². The van der Waals surface area contributed by atoms with Crippen molar-refractivity contribution in [2.75, 3.05) is 13.1 Å². The van der Waals surface area contributed by atoms with Gasteiger partial charge in [-0.15, -0.1) is 0 Å². The molecular weight excluding hydrogens is 282 g/mol. The van der Waals surface area contributed by atoms with Crippen LogP contribution in [-0.2, 0) is 9.53 Å². The second-order valence-electron chi connectivity index (χ2n) is 7.32. The molecule has 2 N–H and O–H groups in total. The fourth-order valence-electron chi connectivity index (χ4n) is 2.44. The summed E-state index contributed by atoms with van der Waals surface area (Å²) in [7, 11) is 0. The maximum atomic E-state index is 12.1. The number of hydrogen-bond donors (Lipinski definition) is 2. The number of nitrogens with one attached hydrogen (secondary N) is 2. The van der Waals surface area contributed by atoms with Gasteiger partial charge in [-0.3, -0.25) is 4.79 Å². The number of carbonyl (C=O) groups is 2. The maximum absolute atomic E-state index is 12.1. The molecule has 0 aromatic rings. The summed E-state index contributed by atoms with van der Waals surface area (Å²) in [6, 6.07) is -0.0264. The molecule has 0 aromatic carbocycles. The lowest BCUT2D eigenvalue weighted by molar-refractivity contribution is -0.123. The van der Waals surface area contributed by atoms with Crippen molar-refractivity contribution in [2.24, 2.45) is 0 Å². The molecule has 1 rings (SSSR count). The third-order valence-corrected chi connectivity index (χ3v) is 3.38. The van der Waals surface area contributed by atoms with Crippen molar-refractivity contribution in [3.8, 4) is 0 Å². The van der Waals surface area contributed by atoms with Crippen LogP contribution in [0.4, 0.5) is 4.79 Å². The van der Waals surface area contributed by atoms with Crippen molar-refractivity contribution in [3.63, 3.8) is 0 Å². The van der Waals surface area contributed by atoms with Gasteiger partial charge in [-0.05, 0) is 54.4 Å². The number of carbonyl (C=O) groups excluding carboxylic acids is 2. The summed E-state index contributed by atoms with van der Waals surface area (Å²) >= 11 is 0. The molecular formula is C16H31N3O3. The Bertz CT molecular complexity index is 391. The van der Waals surface area contributed by atoms with E-state index in [0.29, 0.717) is 13.1 Å². The van der Waals surface area contributed by atoms with Gasteiger partial charge >= 0.3 is 6.09 Å². The molecule has 6 heteroatoms. The minimum absolute atomic E-state index is 0.00982. The summed E-state index contributed by atoms with van der Waals surface area (Å²) < 4.78 is 5.41. The summed E-state index contributed by atoms with van der Waals surface area (Å²) in [4.78, 5) is 25.8. The molecule has 1 heterocycles. The fourth-order valence-corrected chi connectivity index (χ4v) is 2.44. The van der Waals surface area contributed by atoms with E-state index in [-0.39, 0.29) is 30.1 Å². The van der Waals surface area contributed by atoms with Crippen LogP contribution in [0.1, 0.15) is 54.4 Å². The third-order valence-electron chi connectivity index (χ3n) is 3.38. The second-order valence-corrected chi connectivity index (χ2v) is 7.32. The fraction of sp³-hybridized carbons (Fsp3) is 0.875. The standard InChI is InChI=1S/C16H31N3O3/c1-11(2)17-14(20)12(3)18-13-8-7-9-19(10-13)15(21)22-16(4,5)6/h11-13,18H,7-10H2,1-6H3,(H,17,20). The molecule has 0 aliphatic carbocycles. The zero-order valence-corrected chi connectivity index (χ0v) is 14.7. The number of hydrogen-bond acceptors (Lipinski definition) is 4. The Morgan fingerprint density at radius 3 is 2.41 bits per heavy atom. The first kappa shape index (κ1) is 18.7. The highest BCUT2D eigenvalue weighted by molar-refractivity contribution is 5.81. The summed E-state index contributed by atoms with van der Waals surface area (Å²) in [6.07, 6.45) is 1.59. The average molecular weight is 313 g/mol. The average Bonchev–Trinajstić information content (AvgIpc) is 2.36. The predicted octanol–water partition coefficient (Wildman–Crippen LogP) is 1.89. The van der Waals surface area contributed by atoms with Gasteiger partial charge in [0.2, 0.25) is 5.91 Å². The second kappa shape index (κ2) is 7.81. The van der Waals surface area contributed by atoms with Gasteiger partial charge in [0.15, 0.2) is 0 Å². The van der Waals surface area contributed by atoms with Gasteiger partial charge in [0.25, 0.3) is 0 Å². The van der Waals surface area contributed by atoms with E-state index in [9.17, 15) is 9.59 Å². The van der Waals surface area contributed by atoms with Crippen LogP contribution in [-0.4, -0.2) is 53.7 Å². The van der Waals surface area contributed by atoms with Gasteiger partial charge in [0, 0.05) is 25.2 Å². The molecule has 0 radical (unpaired) electrons. The van der Waals surface area contributed by atoms with E-state index in [1.54, 1.807) is 4.90 Å². The maximum Gasteiger partial charge on any atom is 0.410 e. The normalized spacial score (nSPS) is 20.7. The van der Waals surface area contributed by atoms with E-state index in [1.165, 1.54) is 0 Å². The molecule has 0 bridgehead atoms. The lowest BCUT2D eigenvalue weighted by Crippen LogP contribution is -2.54. The molecule has 6 nitrogen and oxygen atoms in total. The summed E-state index contributed by atoms with van der Waals surface area (Å²) in [5, 5.41) is 6.20. The van der Waals surface area contributed by atoms with Crippen LogP contribution in [0.25, 0.3) is 0 Å². The molecule has 0 saturated carbocycles. The Hall–Kier alpha value is -1.30. The Labute approximate surface area is 134 Å². The molecule has 22 heavy (non-hydrogen) atoms. The molecule has 1 aliphatic rings. The first-order valence-corrected chi connectivity index (χ1v) is 8.13. The third kappa shape index (κ3) is 6.64. The SMILES string of the molecule is CC(C)NC(=O)C(C)NC1CCCN(C(=O)OC(C)(C)C)C1. The number of rotatable bonds is 4. The molecule has 0 aromatic heterocycles. The quantitative estimate of drug-likeness (QED) is 0.831. The summed E-state index contributed by atoms with van der Waals surface area (Å²) in [5.41, 5.74) is -0.484. The van der Waals surface area contributed by atoms with Crippen molar-refractivity contribution in [2.45, 2.75) is 78.1 Å². The molecule has 1 aliphatic heterocycles. The lowest BCUT2D eigenvalue weighted by atomic mass is 10.0.